The zero-order chi connectivity index (χ0) is 14.0. The topological polar surface area (TPSA) is 29.3 Å². The van der Waals surface area contributed by atoms with Crippen LogP contribution in [0, 0.1) is 5.82 Å². The lowest BCUT2D eigenvalue weighted by Crippen LogP contribution is -2.43. The van der Waals surface area contributed by atoms with Gasteiger partial charge < -0.3 is 5.73 Å². The predicted molar refractivity (Wildman–Crippen MR) is 80.6 cm³/mol. The molecule has 1 aliphatic heterocycles. The number of hydrogen-bond donors (Lipinski definition) is 1. The van der Waals surface area contributed by atoms with E-state index in [-0.39, 0.29) is 10.8 Å². The van der Waals surface area contributed by atoms with Crippen molar-refractivity contribution in [2.45, 2.75) is 51.7 Å². The normalized spacial score (nSPS) is 24.4. The van der Waals surface area contributed by atoms with E-state index < -0.39 is 0 Å². The van der Waals surface area contributed by atoms with Gasteiger partial charge in [0.15, 0.2) is 0 Å². The Morgan fingerprint density at radius 1 is 1.37 bits per heavy atom. The standard InChI is InChI=1S/C15H21FN2S/c1-10-4-3-5-11(2)18(10)9-13-7-6-12(15(17)19)8-14(13)16/h6-8,10-11H,3-5,9H2,1-2H3,(H2,17,19)/t10-,11+. The van der Waals surface area contributed by atoms with Crippen molar-refractivity contribution in [1.82, 2.24) is 4.90 Å². The highest BCUT2D eigenvalue weighted by Gasteiger charge is 2.25. The minimum absolute atomic E-state index is 0.213. The number of nitrogens with zero attached hydrogens (tertiary/aromatic N) is 1. The van der Waals surface area contributed by atoms with Gasteiger partial charge in [0.2, 0.25) is 0 Å². The van der Waals surface area contributed by atoms with Crippen LogP contribution in [0.25, 0.3) is 0 Å². The molecule has 104 valence electrons. The third-order valence-corrected chi connectivity index (χ3v) is 4.30. The van der Waals surface area contributed by atoms with E-state index in [0.717, 1.165) is 5.56 Å². The monoisotopic (exact) mass is 280 g/mol. The first-order chi connectivity index (χ1) is 8.99. The summed E-state index contributed by atoms with van der Waals surface area (Å²) in [6, 6.07) is 6.08. The number of benzene rings is 1. The van der Waals surface area contributed by atoms with E-state index >= 15 is 0 Å². The SMILES string of the molecule is C[C@@H]1CCC[C@H](C)N1Cc1ccc(C(N)=S)cc1F. The van der Waals surface area contributed by atoms with Gasteiger partial charge in [-0.1, -0.05) is 30.8 Å². The average molecular weight is 280 g/mol. The zero-order valence-electron chi connectivity index (χ0n) is 11.5. The van der Waals surface area contributed by atoms with Crippen LogP contribution in [0.5, 0.6) is 0 Å². The summed E-state index contributed by atoms with van der Waals surface area (Å²) in [6.45, 7) is 5.10. The maximum Gasteiger partial charge on any atom is 0.128 e. The Kier molecular flexibility index (Phi) is 4.53. The summed E-state index contributed by atoms with van der Waals surface area (Å²) in [6.07, 6.45) is 3.65. The van der Waals surface area contributed by atoms with Gasteiger partial charge in [-0.05, 0) is 32.8 Å². The quantitative estimate of drug-likeness (QED) is 0.862. The minimum Gasteiger partial charge on any atom is -0.389 e. The lowest BCUT2D eigenvalue weighted by atomic mass is 9.96. The van der Waals surface area contributed by atoms with Gasteiger partial charge in [-0.3, -0.25) is 4.90 Å². The first-order valence-corrected chi connectivity index (χ1v) is 7.24. The second-order valence-corrected chi connectivity index (χ2v) is 5.91. The number of nitrogens with two attached hydrogens (primary N) is 1. The molecule has 0 saturated carbocycles. The highest BCUT2D eigenvalue weighted by Crippen LogP contribution is 2.25. The van der Waals surface area contributed by atoms with Gasteiger partial charge >= 0.3 is 0 Å². The van der Waals surface area contributed by atoms with Gasteiger partial charge in [-0.25, -0.2) is 4.39 Å². The van der Waals surface area contributed by atoms with Crippen molar-refractivity contribution in [3.8, 4) is 0 Å². The molecule has 0 bridgehead atoms. The molecule has 4 heteroatoms. The molecule has 0 spiro atoms. The molecular weight excluding hydrogens is 259 g/mol. The van der Waals surface area contributed by atoms with Crippen LogP contribution < -0.4 is 5.73 Å². The van der Waals surface area contributed by atoms with Crippen LogP contribution in [0.1, 0.15) is 44.2 Å². The molecule has 0 amide bonds. The smallest absolute Gasteiger partial charge is 0.128 e. The highest BCUT2D eigenvalue weighted by atomic mass is 32.1. The van der Waals surface area contributed by atoms with Crippen molar-refractivity contribution >= 4 is 17.2 Å². The molecule has 1 saturated heterocycles. The van der Waals surface area contributed by atoms with Crippen molar-refractivity contribution in [3.63, 3.8) is 0 Å². The molecule has 2 atom stereocenters. The van der Waals surface area contributed by atoms with E-state index in [1.807, 2.05) is 0 Å². The Labute approximate surface area is 119 Å². The fourth-order valence-corrected chi connectivity index (χ4v) is 2.94. The second kappa shape index (κ2) is 5.97. The number of hydrogen-bond acceptors (Lipinski definition) is 2. The lowest BCUT2D eigenvalue weighted by Gasteiger charge is -2.39. The van der Waals surface area contributed by atoms with Crippen LogP contribution in [0.3, 0.4) is 0 Å². The molecule has 0 radical (unpaired) electrons. The predicted octanol–water partition coefficient (Wildman–Crippen LogP) is 3.22. The second-order valence-electron chi connectivity index (χ2n) is 5.47. The molecule has 19 heavy (non-hydrogen) atoms. The van der Waals surface area contributed by atoms with Gasteiger partial charge in [-0.15, -0.1) is 0 Å². The fraction of sp³-hybridized carbons (Fsp3) is 0.533. The first kappa shape index (κ1) is 14.4. The van der Waals surface area contributed by atoms with Crippen molar-refractivity contribution in [1.29, 1.82) is 0 Å². The molecule has 0 aliphatic carbocycles. The largest absolute Gasteiger partial charge is 0.389 e. The summed E-state index contributed by atoms with van der Waals surface area (Å²) >= 11 is 4.86. The molecule has 2 nitrogen and oxygen atoms in total. The summed E-state index contributed by atoms with van der Waals surface area (Å²) in [7, 11) is 0. The third-order valence-electron chi connectivity index (χ3n) is 4.07. The van der Waals surface area contributed by atoms with Gasteiger partial charge in [0.1, 0.15) is 10.8 Å². The molecule has 1 aromatic rings. The van der Waals surface area contributed by atoms with E-state index in [0.29, 0.717) is 24.2 Å². The summed E-state index contributed by atoms with van der Waals surface area (Å²) < 4.78 is 14.1. The number of rotatable bonds is 3. The molecule has 1 aromatic carbocycles. The summed E-state index contributed by atoms with van der Waals surface area (Å²) in [5.74, 6) is -0.213. The maximum absolute atomic E-state index is 14.1. The van der Waals surface area contributed by atoms with Crippen molar-refractivity contribution in [2.24, 2.45) is 5.73 Å². The molecule has 0 aromatic heterocycles. The molecule has 2 N–H and O–H groups in total. The molecular formula is C15H21FN2S. The van der Waals surface area contributed by atoms with Gasteiger partial charge in [0.05, 0.1) is 0 Å². The van der Waals surface area contributed by atoms with E-state index in [1.165, 1.54) is 25.3 Å². The molecule has 1 aliphatic rings. The maximum atomic E-state index is 14.1. The number of piperidine rings is 1. The van der Waals surface area contributed by atoms with Crippen LogP contribution in [-0.4, -0.2) is 22.0 Å². The van der Waals surface area contributed by atoms with Crippen LogP contribution in [0.2, 0.25) is 0 Å². The Morgan fingerprint density at radius 3 is 2.53 bits per heavy atom. The van der Waals surface area contributed by atoms with E-state index in [1.54, 1.807) is 12.1 Å². The fourth-order valence-electron chi connectivity index (χ4n) is 2.81. The Hall–Kier alpha value is -1.00. The lowest BCUT2D eigenvalue weighted by molar-refractivity contribution is 0.0940. The zero-order valence-corrected chi connectivity index (χ0v) is 12.3. The van der Waals surface area contributed by atoms with E-state index in [2.05, 4.69) is 18.7 Å². The Bertz CT molecular complexity index is 465. The van der Waals surface area contributed by atoms with Crippen molar-refractivity contribution in [3.05, 3.63) is 35.1 Å². The number of halogens is 1. The van der Waals surface area contributed by atoms with Crippen molar-refractivity contribution < 1.29 is 4.39 Å². The van der Waals surface area contributed by atoms with Crippen LogP contribution in [0.4, 0.5) is 4.39 Å². The average Bonchev–Trinajstić information content (AvgIpc) is 2.35. The van der Waals surface area contributed by atoms with Crippen LogP contribution in [-0.2, 0) is 6.54 Å². The van der Waals surface area contributed by atoms with E-state index in [4.69, 9.17) is 18.0 Å². The minimum atomic E-state index is -0.213. The summed E-state index contributed by atoms with van der Waals surface area (Å²) in [5, 5.41) is 0. The van der Waals surface area contributed by atoms with E-state index in [9.17, 15) is 4.39 Å². The van der Waals surface area contributed by atoms with Gasteiger partial charge in [0.25, 0.3) is 0 Å². The highest BCUT2D eigenvalue weighted by molar-refractivity contribution is 7.80. The number of likely N-dealkylation sites (tertiary alicyclic amines) is 1. The first-order valence-electron chi connectivity index (χ1n) is 6.83. The van der Waals surface area contributed by atoms with Crippen molar-refractivity contribution in [2.75, 3.05) is 0 Å². The third kappa shape index (κ3) is 3.31. The molecule has 1 fully saturated rings. The molecule has 0 unspecified atom stereocenters. The molecule has 1 heterocycles. The van der Waals surface area contributed by atoms with Gasteiger partial charge in [-0.2, -0.15) is 0 Å². The summed E-state index contributed by atoms with van der Waals surface area (Å²) in [5.41, 5.74) is 6.83. The Morgan fingerprint density at radius 2 is 2.00 bits per heavy atom. The van der Waals surface area contributed by atoms with Gasteiger partial charge in [0, 0.05) is 29.8 Å². The van der Waals surface area contributed by atoms with Crippen LogP contribution in [0.15, 0.2) is 18.2 Å². The number of thiocarbonyl (C=S) groups is 1. The molecule has 2 rings (SSSR count). The summed E-state index contributed by atoms with van der Waals surface area (Å²) in [4.78, 5) is 2.62. The van der Waals surface area contributed by atoms with Crippen LogP contribution >= 0.6 is 12.2 Å². The Balaban J connectivity index is 2.16.